The van der Waals surface area contributed by atoms with Gasteiger partial charge < -0.3 is 15.3 Å². The number of carbonyl (C=O) groups is 1. The fourth-order valence-electron chi connectivity index (χ4n) is 2.19. The van der Waals surface area contributed by atoms with Gasteiger partial charge in [-0.2, -0.15) is 0 Å². The quantitative estimate of drug-likeness (QED) is 0.776. The van der Waals surface area contributed by atoms with Crippen LogP contribution < -0.4 is 5.32 Å². The monoisotopic (exact) mass is 249 g/mol. The molecule has 0 unspecified atom stereocenters. The Morgan fingerprint density at radius 3 is 3.00 bits per heavy atom. The second-order valence-corrected chi connectivity index (χ2v) is 4.62. The lowest BCUT2D eigenvalue weighted by Crippen LogP contribution is -2.44. The van der Waals surface area contributed by atoms with Crippen LogP contribution in [0.5, 0.6) is 0 Å². The number of likely N-dealkylation sites (N-methyl/N-ethyl adjacent to an activating group) is 1. The highest BCUT2D eigenvalue weighted by atomic mass is 16.3. The Kier molecular flexibility index (Phi) is 4.28. The maximum atomic E-state index is 12.0. The summed E-state index contributed by atoms with van der Waals surface area (Å²) in [6.07, 6.45) is 2.33. The third-order valence-electron chi connectivity index (χ3n) is 3.36. The van der Waals surface area contributed by atoms with Crippen molar-refractivity contribution in [2.75, 3.05) is 20.1 Å². The number of aryl methyl sites for hydroxylation is 1. The number of rotatable bonds is 4. The molecule has 0 bridgehead atoms. The summed E-state index contributed by atoms with van der Waals surface area (Å²) in [7, 11) is 1.75. The Labute approximate surface area is 107 Å². The molecule has 1 aromatic rings. The zero-order valence-corrected chi connectivity index (χ0v) is 10.5. The number of carbonyl (C=O) groups excluding carboxylic acids is 1. The van der Waals surface area contributed by atoms with Crippen LogP contribution in [0.15, 0.2) is 24.4 Å². The second kappa shape index (κ2) is 5.93. The lowest BCUT2D eigenvalue weighted by Gasteiger charge is -2.26. The van der Waals surface area contributed by atoms with E-state index in [-0.39, 0.29) is 11.9 Å². The van der Waals surface area contributed by atoms with E-state index in [2.05, 4.69) is 10.3 Å². The minimum Gasteiger partial charge on any atom is -0.390 e. The average molecular weight is 249 g/mol. The molecule has 2 N–H and O–H groups in total. The lowest BCUT2D eigenvalue weighted by molar-refractivity contribution is -0.133. The molecule has 0 spiro atoms. The molecule has 18 heavy (non-hydrogen) atoms. The number of hydrogen-bond donors (Lipinski definition) is 2. The molecule has 1 fully saturated rings. The van der Waals surface area contributed by atoms with Gasteiger partial charge in [0.2, 0.25) is 5.91 Å². The molecule has 5 nitrogen and oxygen atoms in total. The van der Waals surface area contributed by atoms with Crippen LogP contribution in [-0.2, 0) is 11.2 Å². The van der Waals surface area contributed by atoms with Crippen LogP contribution in [0.4, 0.5) is 0 Å². The lowest BCUT2D eigenvalue weighted by atomic mass is 10.1. The summed E-state index contributed by atoms with van der Waals surface area (Å²) >= 11 is 0. The van der Waals surface area contributed by atoms with E-state index in [1.165, 1.54) is 0 Å². The van der Waals surface area contributed by atoms with Crippen LogP contribution in [0.3, 0.4) is 0 Å². The molecule has 1 aliphatic rings. The number of aliphatic hydroxyl groups excluding tert-OH is 1. The van der Waals surface area contributed by atoms with Gasteiger partial charge in [-0.1, -0.05) is 6.07 Å². The molecule has 1 aliphatic heterocycles. The number of β-amino-alcohol motifs (C(OH)–C–C–N with tert-alkyl or cyclic N) is 1. The SMILES string of the molecule is CN(C(=O)CCc1ccccn1)[C@@H]1CNC[C@H]1O. The van der Waals surface area contributed by atoms with Crippen molar-refractivity contribution in [2.24, 2.45) is 0 Å². The fraction of sp³-hybridized carbons (Fsp3) is 0.538. The van der Waals surface area contributed by atoms with Gasteiger partial charge in [-0.3, -0.25) is 9.78 Å². The van der Waals surface area contributed by atoms with Crippen molar-refractivity contribution in [3.63, 3.8) is 0 Å². The van der Waals surface area contributed by atoms with Gasteiger partial charge in [-0.05, 0) is 18.6 Å². The standard InChI is InChI=1S/C13H19N3O2/c1-16(11-8-14-9-12(11)17)13(18)6-5-10-4-2-3-7-15-10/h2-4,7,11-12,14,17H,5-6,8-9H2,1H3/t11-,12-/m1/s1. The Morgan fingerprint density at radius 2 is 2.39 bits per heavy atom. The molecule has 2 rings (SSSR count). The summed E-state index contributed by atoms with van der Waals surface area (Å²) in [5, 5.41) is 12.8. The molecular formula is C13H19N3O2. The molecule has 0 aliphatic carbocycles. The highest BCUT2D eigenvalue weighted by Gasteiger charge is 2.30. The summed E-state index contributed by atoms with van der Waals surface area (Å²) in [5.41, 5.74) is 0.921. The predicted octanol–water partition coefficient (Wildman–Crippen LogP) is -0.195. The number of aromatic nitrogens is 1. The molecule has 1 aromatic heterocycles. The first kappa shape index (κ1) is 13.0. The van der Waals surface area contributed by atoms with Crippen LogP contribution in [0.25, 0.3) is 0 Å². The molecule has 1 amide bonds. The second-order valence-electron chi connectivity index (χ2n) is 4.62. The number of amides is 1. The first-order valence-corrected chi connectivity index (χ1v) is 6.23. The van der Waals surface area contributed by atoms with E-state index in [1.54, 1.807) is 18.1 Å². The molecule has 0 radical (unpaired) electrons. The van der Waals surface area contributed by atoms with Crippen LogP contribution in [0, 0.1) is 0 Å². The van der Waals surface area contributed by atoms with Gasteiger partial charge in [0.25, 0.3) is 0 Å². The number of nitrogens with one attached hydrogen (secondary N) is 1. The highest BCUT2D eigenvalue weighted by molar-refractivity contribution is 5.76. The Bertz CT molecular complexity index is 396. The van der Waals surface area contributed by atoms with E-state index in [9.17, 15) is 9.90 Å². The Morgan fingerprint density at radius 1 is 1.56 bits per heavy atom. The predicted molar refractivity (Wildman–Crippen MR) is 68.0 cm³/mol. The van der Waals surface area contributed by atoms with Crippen molar-refractivity contribution >= 4 is 5.91 Å². The molecule has 0 saturated carbocycles. The third-order valence-corrected chi connectivity index (χ3v) is 3.36. The third kappa shape index (κ3) is 3.05. The van der Waals surface area contributed by atoms with Crippen LogP contribution in [0.2, 0.25) is 0 Å². The van der Waals surface area contributed by atoms with Gasteiger partial charge in [-0.15, -0.1) is 0 Å². The Hall–Kier alpha value is -1.46. The van der Waals surface area contributed by atoms with Gasteiger partial charge in [0, 0.05) is 38.4 Å². The summed E-state index contributed by atoms with van der Waals surface area (Å²) in [5.74, 6) is 0.0494. The van der Waals surface area contributed by atoms with Crippen molar-refractivity contribution in [1.29, 1.82) is 0 Å². The van der Waals surface area contributed by atoms with Gasteiger partial charge in [-0.25, -0.2) is 0 Å². The number of aliphatic hydroxyl groups is 1. The summed E-state index contributed by atoms with van der Waals surface area (Å²) < 4.78 is 0. The normalized spacial score (nSPS) is 23.0. The van der Waals surface area contributed by atoms with E-state index in [0.717, 1.165) is 5.69 Å². The van der Waals surface area contributed by atoms with Crippen molar-refractivity contribution in [3.05, 3.63) is 30.1 Å². The molecule has 1 saturated heterocycles. The first-order valence-electron chi connectivity index (χ1n) is 6.23. The number of pyridine rings is 1. The summed E-state index contributed by atoms with van der Waals surface area (Å²) in [6.45, 7) is 1.22. The van der Waals surface area contributed by atoms with Crippen LogP contribution in [0.1, 0.15) is 12.1 Å². The number of hydrogen-bond acceptors (Lipinski definition) is 4. The van der Waals surface area contributed by atoms with E-state index in [0.29, 0.717) is 25.9 Å². The minimum absolute atomic E-state index is 0.0494. The summed E-state index contributed by atoms with van der Waals surface area (Å²) in [4.78, 5) is 17.8. The van der Waals surface area contributed by atoms with Crippen molar-refractivity contribution in [1.82, 2.24) is 15.2 Å². The topological polar surface area (TPSA) is 65.5 Å². The molecule has 98 valence electrons. The van der Waals surface area contributed by atoms with Gasteiger partial charge in [0.15, 0.2) is 0 Å². The van der Waals surface area contributed by atoms with Crippen LogP contribution in [-0.4, -0.2) is 53.2 Å². The van der Waals surface area contributed by atoms with Gasteiger partial charge in [0.1, 0.15) is 0 Å². The average Bonchev–Trinajstić information content (AvgIpc) is 2.82. The maximum Gasteiger partial charge on any atom is 0.223 e. The molecular weight excluding hydrogens is 230 g/mol. The van der Waals surface area contributed by atoms with Crippen LogP contribution >= 0.6 is 0 Å². The summed E-state index contributed by atoms with van der Waals surface area (Å²) in [6, 6.07) is 5.58. The molecule has 0 aromatic carbocycles. The zero-order chi connectivity index (χ0) is 13.0. The zero-order valence-electron chi connectivity index (χ0n) is 10.5. The van der Waals surface area contributed by atoms with E-state index >= 15 is 0 Å². The maximum absolute atomic E-state index is 12.0. The molecule has 5 heteroatoms. The fourth-order valence-corrected chi connectivity index (χ4v) is 2.19. The van der Waals surface area contributed by atoms with Gasteiger partial charge >= 0.3 is 0 Å². The molecule has 2 heterocycles. The van der Waals surface area contributed by atoms with Crippen molar-refractivity contribution in [3.8, 4) is 0 Å². The smallest absolute Gasteiger partial charge is 0.223 e. The van der Waals surface area contributed by atoms with Crippen molar-refractivity contribution in [2.45, 2.75) is 25.0 Å². The van der Waals surface area contributed by atoms with E-state index in [4.69, 9.17) is 0 Å². The van der Waals surface area contributed by atoms with Gasteiger partial charge in [0.05, 0.1) is 12.1 Å². The Balaban J connectivity index is 1.84. The first-order chi connectivity index (χ1) is 8.68. The van der Waals surface area contributed by atoms with E-state index < -0.39 is 6.10 Å². The number of nitrogens with zero attached hydrogens (tertiary/aromatic N) is 2. The largest absolute Gasteiger partial charge is 0.390 e. The van der Waals surface area contributed by atoms with Crippen molar-refractivity contribution < 1.29 is 9.90 Å². The minimum atomic E-state index is -0.464. The highest BCUT2D eigenvalue weighted by Crippen LogP contribution is 2.10. The van der Waals surface area contributed by atoms with E-state index in [1.807, 2.05) is 18.2 Å². The molecule has 2 atom stereocenters.